The van der Waals surface area contributed by atoms with Crippen LogP contribution in [0, 0.1) is 6.92 Å². The van der Waals surface area contributed by atoms with Gasteiger partial charge in [0.05, 0.1) is 12.0 Å². The molecule has 2 aliphatic rings. The van der Waals surface area contributed by atoms with E-state index in [-0.39, 0.29) is 10.8 Å². The van der Waals surface area contributed by atoms with Crippen LogP contribution in [0.15, 0.2) is 23.1 Å². The minimum absolute atomic E-state index is 0.0471. The molecular weight excluding hydrogens is 328 g/mol. The third kappa shape index (κ3) is 3.02. The predicted molar refractivity (Wildman–Crippen MR) is 90.5 cm³/mol. The molecule has 2 fully saturated rings. The molecule has 1 aromatic carbocycles. The first-order chi connectivity index (χ1) is 11.4. The molecule has 6 nitrogen and oxygen atoms in total. The Hall–Kier alpha value is -1.60. The van der Waals surface area contributed by atoms with Gasteiger partial charge in [-0.25, -0.2) is 8.42 Å². The smallest absolute Gasteiger partial charge is 0.244 e. The minimum atomic E-state index is -3.72. The Balaban J connectivity index is 1.92. The Morgan fingerprint density at radius 1 is 1.17 bits per heavy atom. The van der Waals surface area contributed by atoms with Crippen LogP contribution < -0.4 is 4.74 Å². The molecule has 0 unspecified atom stereocenters. The molecule has 1 aromatic rings. The summed E-state index contributed by atoms with van der Waals surface area (Å²) in [6.07, 6.45) is 3.31. The van der Waals surface area contributed by atoms with Crippen molar-refractivity contribution in [3.8, 4) is 5.75 Å². The minimum Gasteiger partial charge on any atom is -0.497 e. The average molecular weight is 352 g/mol. The maximum Gasteiger partial charge on any atom is 0.244 e. The van der Waals surface area contributed by atoms with Gasteiger partial charge in [-0.3, -0.25) is 4.79 Å². The van der Waals surface area contributed by atoms with Crippen molar-refractivity contribution in [1.29, 1.82) is 0 Å². The Kier molecular flexibility index (Phi) is 4.83. The fourth-order valence-electron chi connectivity index (χ4n) is 3.53. The van der Waals surface area contributed by atoms with Gasteiger partial charge in [-0.05, 0) is 44.2 Å². The number of likely N-dealkylation sites (tertiary alicyclic amines) is 1. The van der Waals surface area contributed by atoms with E-state index in [2.05, 4.69) is 0 Å². The van der Waals surface area contributed by atoms with Gasteiger partial charge >= 0.3 is 0 Å². The summed E-state index contributed by atoms with van der Waals surface area (Å²) in [6, 6.07) is 4.45. The van der Waals surface area contributed by atoms with Crippen molar-refractivity contribution in [3.63, 3.8) is 0 Å². The Bertz CT molecular complexity index is 726. The number of amides is 1. The normalized spacial score (nSPS) is 22.1. The highest BCUT2D eigenvalue weighted by molar-refractivity contribution is 7.89. The molecule has 0 aliphatic carbocycles. The largest absolute Gasteiger partial charge is 0.497 e. The van der Waals surface area contributed by atoms with Crippen LogP contribution in [0.5, 0.6) is 5.75 Å². The predicted octanol–water partition coefficient (Wildman–Crippen LogP) is 1.78. The summed E-state index contributed by atoms with van der Waals surface area (Å²) in [5.41, 5.74) is 0.662. The molecule has 1 amide bonds. The first kappa shape index (κ1) is 17.2. The SMILES string of the molecule is COc1ccc(C)c(S(=O)(=O)N2CCC[C@H]2C(=O)N2CCCC2)c1. The zero-order valence-electron chi connectivity index (χ0n) is 14.2. The molecule has 1 atom stereocenters. The lowest BCUT2D eigenvalue weighted by atomic mass is 10.2. The van der Waals surface area contributed by atoms with E-state index in [1.807, 2.05) is 0 Å². The number of hydrogen-bond acceptors (Lipinski definition) is 4. The topological polar surface area (TPSA) is 66.9 Å². The molecule has 0 aromatic heterocycles. The van der Waals surface area contributed by atoms with Gasteiger partial charge in [0, 0.05) is 25.7 Å². The van der Waals surface area contributed by atoms with Crippen LogP contribution in [0.4, 0.5) is 0 Å². The van der Waals surface area contributed by atoms with Crippen LogP contribution in [0.25, 0.3) is 0 Å². The third-order valence-corrected chi connectivity index (χ3v) is 6.94. The van der Waals surface area contributed by atoms with Crippen LogP contribution in [0.2, 0.25) is 0 Å². The molecule has 0 N–H and O–H groups in total. The number of carbonyl (C=O) groups excluding carboxylic acids is 1. The zero-order chi connectivity index (χ0) is 17.3. The lowest BCUT2D eigenvalue weighted by Crippen LogP contribution is -2.46. The maximum absolute atomic E-state index is 13.2. The molecule has 0 bridgehead atoms. The van der Waals surface area contributed by atoms with Crippen molar-refractivity contribution >= 4 is 15.9 Å². The van der Waals surface area contributed by atoms with Gasteiger partial charge in [-0.15, -0.1) is 0 Å². The number of methoxy groups -OCH3 is 1. The van der Waals surface area contributed by atoms with E-state index in [4.69, 9.17) is 4.74 Å². The molecule has 24 heavy (non-hydrogen) atoms. The first-order valence-electron chi connectivity index (χ1n) is 8.40. The molecule has 0 radical (unpaired) electrons. The highest BCUT2D eigenvalue weighted by atomic mass is 32.2. The lowest BCUT2D eigenvalue weighted by Gasteiger charge is -2.27. The summed E-state index contributed by atoms with van der Waals surface area (Å²) in [7, 11) is -2.21. The number of sulfonamides is 1. The summed E-state index contributed by atoms with van der Waals surface area (Å²) in [5.74, 6) is 0.454. The second-order valence-corrected chi connectivity index (χ2v) is 8.30. The van der Waals surface area contributed by atoms with E-state index in [0.29, 0.717) is 30.7 Å². The molecule has 0 saturated carbocycles. The second-order valence-electron chi connectivity index (χ2n) is 6.44. The first-order valence-corrected chi connectivity index (χ1v) is 9.84. The molecule has 132 valence electrons. The van der Waals surface area contributed by atoms with Crippen LogP contribution in [-0.4, -0.2) is 56.3 Å². The summed E-state index contributed by atoms with van der Waals surface area (Å²) in [5, 5.41) is 0. The van der Waals surface area contributed by atoms with Crippen LogP contribution in [0.3, 0.4) is 0 Å². The van der Waals surface area contributed by atoms with Crippen LogP contribution in [0.1, 0.15) is 31.2 Å². The van der Waals surface area contributed by atoms with Gasteiger partial charge in [-0.2, -0.15) is 4.31 Å². The fraction of sp³-hybridized carbons (Fsp3) is 0.588. The van der Waals surface area contributed by atoms with Crippen molar-refractivity contribution in [3.05, 3.63) is 23.8 Å². The van der Waals surface area contributed by atoms with E-state index < -0.39 is 16.1 Å². The lowest BCUT2D eigenvalue weighted by molar-refractivity contribution is -0.133. The van der Waals surface area contributed by atoms with Gasteiger partial charge < -0.3 is 9.64 Å². The van der Waals surface area contributed by atoms with Crippen molar-refractivity contribution in [1.82, 2.24) is 9.21 Å². The molecule has 0 spiro atoms. The monoisotopic (exact) mass is 352 g/mol. The number of rotatable bonds is 4. The van der Waals surface area contributed by atoms with Crippen molar-refractivity contribution in [2.45, 2.75) is 43.5 Å². The maximum atomic E-state index is 13.2. The third-order valence-electron chi connectivity index (χ3n) is 4.89. The standard InChI is InChI=1S/C17H24N2O4S/c1-13-7-8-14(23-2)12-16(13)24(21,22)19-11-5-6-15(19)17(20)18-9-3-4-10-18/h7-8,12,15H,3-6,9-11H2,1-2H3/t15-/m0/s1. The van der Waals surface area contributed by atoms with E-state index in [1.54, 1.807) is 30.0 Å². The molecular formula is C17H24N2O4S. The van der Waals surface area contributed by atoms with Gasteiger partial charge in [-0.1, -0.05) is 6.07 Å². The van der Waals surface area contributed by atoms with E-state index in [9.17, 15) is 13.2 Å². The molecule has 7 heteroatoms. The fourth-order valence-corrected chi connectivity index (χ4v) is 5.43. The van der Waals surface area contributed by atoms with E-state index in [1.165, 1.54) is 11.4 Å². The average Bonchev–Trinajstić information content (AvgIpc) is 3.26. The Morgan fingerprint density at radius 2 is 1.88 bits per heavy atom. The van der Waals surface area contributed by atoms with Gasteiger partial charge in [0.15, 0.2) is 0 Å². The Morgan fingerprint density at radius 3 is 2.54 bits per heavy atom. The van der Waals surface area contributed by atoms with E-state index in [0.717, 1.165) is 25.9 Å². The van der Waals surface area contributed by atoms with Gasteiger partial charge in [0.25, 0.3) is 0 Å². The summed E-state index contributed by atoms with van der Waals surface area (Å²) in [6.45, 7) is 3.63. The molecule has 2 saturated heterocycles. The van der Waals surface area contributed by atoms with Gasteiger partial charge in [0.1, 0.15) is 11.8 Å². The summed E-state index contributed by atoms with van der Waals surface area (Å²) < 4.78 is 32.9. The number of benzene rings is 1. The summed E-state index contributed by atoms with van der Waals surface area (Å²) >= 11 is 0. The highest BCUT2D eigenvalue weighted by Crippen LogP contribution is 2.31. The molecule has 2 aliphatic heterocycles. The van der Waals surface area contributed by atoms with Crippen LogP contribution >= 0.6 is 0 Å². The van der Waals surface area contributed by atoms with Crippen LogP contribution in [-0.2, 0) is 14.8 Å². The second kappa shape index (κ2) is 6.72. The number of hydrogen-bond donors (Lipinski definition) is 0. The summed E-state index contributed by atoms with van der Waals surface area (Å²) in [4.78, 5) is 14.8. The van der Waals surface area contributed by atoms with Gasteiger partial charge in [0.2, 0.25) is 15.9 Å². The number of aryl methyl sites for hydroxylation is 1. The number of ether oxygens (including phenoxy) is 1. The highest BCUT2D eigenvalue weighted by Gasteiger charge is 2.42. The van der Waals surface area contributed by atoms with E-state index >= 15 is 0 Å². The number of nitrogens with zero attached hydrogens (tertiary/aromatic N) is 2. The van der Waals surface area contributed by atoms with Crippen molar-refractivity contribution in [2.75, 3.05) is 26.7 Å². The Labute approximate surface area is 143 Å². The number of carbonyl (C=O) groups is 1. The molecule has 2 heterocycles. The van der Waals surface area contributed by atoms with Crippen molar-refractivity contribution in [2.24, 2.45) is 0 Å². The zero-order valence-corrected chi connectivity index (χ0v) is 15.0. The van der Waals surface area contributed by atoms with Crippen molar-refractivity contribution < 1.29 is 17.9 Å². The quantitative estimate of drug-likeness (QED) is 0.828. The molecule has 3 rings (SSSR count).